The summed E-state index contributed by atoms with van der Waals surface area (Å²) in [5, 5.41) is 6.41. The minimum Gasteiger partial charge on any atom is -0.358 e. The van der Waals surface area contributed by atoms with E-state index in [1.165, 1.54) is 19.3 Å². The number of aromatic nitrogens is 1. The molecular weight excluding hydrogens is 519 g/mol. The normalized spacial score (nSPS) is 14.6. The van der Waals surface area contributed by atoms with Gasteiger partial charge in [0, 0.05) is 30.4 Å². The summed E-state index contributed by atoms with van der Waals surface area (Å²) in [4.78, 5) is 27.9. The first kappa shape index (κ1) is 27.3. The molecule has 0 spiro atoms. The number of H-pyrrole nitrogens is 1. The molecule has 0 radical (unpaired) electrons. The van der Waals surface area contributed by atoms with Crippen LogP contribution >= 0.6 is 11.6 Å². The van der Waals surface area contributed by atoms with E-state index in [1.807, 2.05) is 0 Å². The van der Waals surface area contributed by atoms with Crippen LogP contribution in [0.25, 0.3) is 10.9 Å². The van der Waals surface area contributed by atoms with Gasteiger partial charge in [0.25, 0.3) is 5.91 Å². The van der Waals surface area contributed by atoms with Crippen molar-refractivity contribution in [2.24, 2.45) is 0 Å². The molecule has 1 heterocycles. The molecule has 0 saturated heterocycles. The van der Waals surface area contributed by atoms with E-state index in [2.05, 4.69) is 20.3 Å². The highest BCUT2D eigenvalue weighted by molar-refractivity contribution is 7.89. The van der Waals surface area contributed by atoms with Crippen molar-refractivity contribution in [3.8, 4) is 0 Å². The van der Waals surface area contributed by atoms with Crippen LogP contribution in [-0.4, -0.2) is 38.4 Å². The van der Waals surface area contributed by atoms with Gasteiger partial charge in [0.1, 0.15) is 11.4 Å². The second-order valence-corrected chi connectivity index (χ2v) is 11.4. The molecule has 1 fully saturated rings. The number of amides is 1. The minimum atomic E-state index is -4.06. The van der Waals surface area contributed by atoms with Crippen molar-refractivity contribution < 1.29 is 17.6 Å². The van der Waals surface area contributed by atoms with Gasteiger partial charge in [-0.15, -0.1) is 0 Å². The van der Waals surface area contributed by atoms with E-state index in [1.54, 1.807) is 24.3 Å². The number of aromatic amines is 1. The van der Waals surface area contributed by atoms with E-state index in [0.29, 0.717) is 24.0 Å². The van der Waals surface area contributed by atoms with Crippen molar-refractivity contribution in [2.45, 2.75) is 56.0 Å². The van der Waals surface area contributed by atoms with Gasteiger partial charge < -0.3 is 15.6 Å². The molecule has 4 rings (SSSR count). The molecule has 0 unspecified atom stereocenters. The number of hydrogen-bond donors (Lipinski definition) is 4. The number of carbonyl (C=O) groups excluding carboxylic acids is 1. The van der Waals surface area contributed by atoms with Crippen LogP contribution in [0.1, 0.15) is 54.4 Å². The van der Waals surface area contributed by atoms with E-state index in [9.17, 15) is 22.4 Å². The van der Waals surface area contributed by atoms with Crippen LogP contribution in [0.2, 0.25) is 5.02 Å². The number of halogens is 2. The quantitative estimate of drug-likeness (QED) is 0.287. The molecular formula is C26H30ClFN4O4S. The third-order valence-electron chi connectivity index (χ3n) is 6.52. The summed E-state index contributed by atoms with van der Waals surface area (Å²) < 4.78 is 42.8. The first-order valence-corrected chi connectivity index (χ1v) is 14.2. The van der Waals surface area contributed by atoms with Gasteiger partial charge in [-0.3, -0.25) is 9.59 Å². The number of nitrogens with one attached hydrogen (secondary N) is 4. The van der Waals surface area contributed by atoms with E-state index < -0.39 is 27.2 Å². The van der Waals surface area contributed by atoms with Crippen LogP contribution in [-0.2, 0) is 16.6 Å². The van der Waals surface area contributed by atoms with Gasteiger partial charge in [-0.05, 0) is 55.6 Å². The van der Waals surface area contributed by atoms with Crippen LogP contribution in [0.3, 0.4) is 0 Å². The van der Waals surface area contributed by atoms with Crippen molar-refractivity contribution in [2.75, 3.05) is 13.1 Å². The highest BCUT2D eigenvalue weighted by Crippen LogP contribution is 2.20. The molecule has 1 saturated carbocycles. The molecule has 0 aliphatic heterocycles. The number of fused-ring (bicyclic) bond motifs is 1. The topological polar surface area (TPSA) is 120 Å². The Morgan fingerprint density at radius 3 is 2.54 bits per heavy atom. The molecule has 1 amide bonds. The third kappa shape index (κ3) is 6.95. The monoisotopic (exact) mass is 548 g/mol. The summed E-state index contributed by atoms with van der Waals surface area (Å²) in [6.07, 6.45) is 7.65. The minimum absolute atomic E-state index is 0.149. The Bertz CT molecular complexity index is 1420. The van der Waals surface area contributed by atoms with E-state index in [-0.39, 0.29) is 34.5 Å². The van der Waals surface area contributed by atoms with Crippen LogP contribution in [0.4, 0.5) is 4.39 Å². The van der Waals surface area contributed by atoms with E-state index in [4.69, 9.17) is 11.6 Å². The molecule has 0 bridgehead atoms. The molecule has 1 aromatic heterocycles. The summed E-state index contributed by atoms with van der Waals surface area (Å²) in [6.45, 7) is 0.994. The fraction of sp³-hybridized carbons (Fsp3) is 0.385. The Morgan fingerprint density at radius 2 is 1.81 bits per heavy atom. The molecule has 1 aliphatic carbocycles. The predicted molar refractivity (Wildman–Crippen MR) is 142 cm³/mol. The first-order valence-electron chi connectivity index (χ1n) is 12.4. The van der Waals surface area contributed by atoms with Crippen molar-refractivity contribution in [1.29, 1.82) is 0 Å². The Morgan fingerprint density at radius 1 is 1.08 bits per heavy atom. The molecule has 198 valence electrons. The molecule has 4 N–H and O–H groups in total. The Hall–Kier alpha value is -2.79. The average molecular weight is 549 g/mol. The first-order chi connectivity index (χ1) is 17.7. The summed E-state index contributed by atoms with van der Waals surface area (Å²) in [6, 6.07) is 9.26. The summed E-state index contributed by atoms with van der Waals surface area (Å²) in [5.74, 6) is -1.57. The molecule has 1 aliphatic rings. The van der Waals surface area contributed by atoms with Crippen LogP contribution in [0.15, 0.2) is 52.3 Å². The lowest BCUT2D eigenvalue weighted by molar-refractivity contribution is 0.0949. The van der Waals surface area contributed by atoms with Gasteiger partial charge >= 0.3 is 0 Å². The number of carbonyl (C=O) groups is 1. The van der Waals surface area contributed by atoms with Crippen LogP contribution in [0.5, 0.6) is 0 Å². The smallest absolute Gasteiger partial charge is 0.257 e. The van der Waals surface area contributed by atoms with E-state index >= 15 is 0 Å². The lowest BCUT2D eigenvalue weighted by Crippen LogP contribution is -2.34. The van der Waals surface area contributed by atoms with Gasteiger partial charge in [-0.1, -0.05) is 43.0 Å². The average Bonchev–Trinajstić information content (AvgIpc) is 2.89. The zero-order chi connectivity index (χ0) is 26.4. The highest BCUT2D eigenvalue weighted by atomic mass is 35.5. The van der Waals surface area contributed by atoms with Gasteiger partial charge in [0.05, 0.1) is 15.8 Å². The largest absolute Gasteiger partial charge is 0.358 e. The molecule has 8 nitrogen and oxygen atoms in total. The second-order valence-electron chi connectivity index (χ2n) is 9.21. The van der Waals surface area contributed by atoms with Gasteiger partial charge in [0.2, 0.25) is 15.5 Å². The standard InChI is InChI=1S/C26H30ClFN4O4S/c27-18-9-7-17(8-10-18)15-31-26(34)22-16-30-24-21(25(22)33)13-20(14-23(24)28)37(35,36)32-12-4-11-29-19-5-2-1-3-6-19/h7-10,13-14,16,19,29,32H,1-6,11-12,15H2,(H,30,33)(H,31,34). The summed E-state index contributed by atoms with van der Waals surface area (Å²) >= 11 is 5.86. The molecule has 3 aromatic rings. The third-order valence-corrected chi connectivity index (χ3v) is 8.21. The van der Waals surface area contributed by atoms with Gasteiger partial charge in [-0.2, -0.15) is 0 Å². The maximum Gasteiger partial charge on any atom is 0.257 e. The lowest BCUT2D eigenvalue weighted by Gasteiger charge is -2.22. The van der Waals surface area contributed by atoms with Crippen LogP contribution in [0, 0.1) is 5.82 Å². The molecule has 11 heteroatoms. The number of benzene rings is 2. The highest BCUT2D eigenvalue weighted by Gasteiger charge is 2.21. The molecule has 37 heavy (non-hydrogen) atoms. The number of rotatable bonds is 10. The fourth-order valence-corrected chi connectivity index (χ4v) is 5.69. The summed E-state index contributed by atoms with van der Waals surface area (Å²) in [7, 11) is -4.06. The van der Waals surface area contributed by atoms with Gasteiger partial charge in [0.15, 0.2) is 0 Å². The predicted octanol–water partition coefficient (Wildman–Crippen LogP) is 3.84. The Kier molecular flexibility index (Phi) is 8.96. The van der Waals surface area contributed by atoms with Crippen LogP contribution < -0.4 is 20.8 Å². The lowest BCUT2D eigenvalue weighted by atomic mass is 9.95. The SMILES string of the molecule is O=C(NCc1ccc(Cl)cc1)c1c[nH]c2c(F)cc(S(=O)(=O)NCCCNC3CCCCC3)cc2c1=O. The number of pyridine rings is 1. The van der Waals surface area contributed by atoms with Crippen molar-refractivity contribution in [1.82, 2.24) is 20.3 Å². The van der Waals surface area contributed by atoms with Crippen molar-refractivity contribution in [3.05, 3.63) is 74.8 Å². The second kappa shape index (κ2) is 12.2. The fourth-order valence-electron chi connectivity index (χ4n) is 4.46. The van der Waals surface area contributed by atoms with Crippen molar-refractivity contribution >= 4 is 38.4 Å². The zero-order valence-electron chi connectivity index (χ0n) is 20.3. The Balaban J connectivity index is 1.44. The van der Waals surface area contributed by atoms with Gasteiger partial charge in [-0.25, -0.2) is 17.5 Å². The molecule has 2 aromatic carbocycles. The van der Waals surface area contributed by atoms with Crippen molar-refractivity contribution in [3.63, 3.8) is 0 Å². The summed E-state index contributed by atoms with van der Waals surface area (Å²) in [5.41, 5.74) is -0.420. The van der Waals surface area contributed by atoms with E-state index in [0.717, 1.165) is 36.7 Å². The number of sulfonamides is 1. The maximum absolute atomic E-state index is 14.8. The zero-order valence-corrected chi connectivity index (χ0v) is 21.9. The maximum atomic E-state index is 14.8. The molecule has 0 atom stereocenters. The Labute approximate surface area is 220 Å². The number of hydrogen-bond acceptors (Lipinski definition) is 5.